The molecular weight excluding hydrogens is 156 g/mol. The van der Waals surface area contributed by atoms with Gasteiger partial charge in [0.05, 0.1) is 23.8 Å². The van der Waals surface area contributed by atoms with Crippen LogP contribution in [0.4, 0.5) is 0 Å². The zero-order valence-electron chi connectivity index (χ0n) is 6.31. The van der Waals surface area contributed by atoms with Crippen molar-refractivity contribution in [2.75, 3.05) is 0 Å². The molecule has 6 nitrogen and oxygen atoms in total. The van der Waals surface area contributed by atoms with Gasteiger partial charge in [-0.3, -0.25) is 9.97 Å². The molecule has 1 heterocycles. The molecular formula is C6H8N6. The number of nitrogens with two attached hydrogens (primary N) is 1. The Hall–Kier alpha value is -1.85. The van der Waals surface area contributed by atoms with Crippen molar-refractivity contribution >= 4 is 6.21 Å². The van der Waals surface area contributed by atoms with Crippen LogP contribution in [0.2, 0.25) is 0 Å². The van der Waals surface area contributed by atoms with Crippen LogP contribution in [0.5, 0.6) is 0 Å². The number of aromatic nitrogens is 2. The molecule has 1 aromatic rings. The lowest BCUT2D eigenvalue weighted by Crippen LogP contribution is -1.93. The molecule has 0 aliphatic carbocycles. The van der Waals surface area contributed by atoms with E-state index in [9.17, 15) is 0 Å². The maximum atomic E-state index is 6.86. The third-order valence-electron chi connectivity index (χ3n) is 1.19. The number of nitrogens with zero attached hydrogens (tertiary/aromatic N) is 4. The predicted molar refractivity (Wildman–Crippen MR) is 42.7 cm³/mol. The number of nitrogens with one attached hydrogen (secondary N) is 1. The first kappa shape index (κ1) is 8.25. The van der Waals surface area contributed by atoms with Crippen LogP contribution in [0.15, 0.2) is 22.7 Å². The first-order valence-electron chi connectivity index (χ1n) is 3.25. The number of hydrogen-bond donors (Lipinski definition) is 2. The molecule has 1 aromatic heterocycles. The van der Waals surface area contributed by atoms with E-state index in [-0.39, 0.29) is 0 Å². The largest absolute Gasteiger partial charge is 0.306 e. The average Bonchev–Trinajstić information content (AvgIpc) is 2.15. The minimum Gasteiger partial charge on any atom is -0.306 e. The maximum Gasteiger partial charge on any atom is 0.106 e. The highest BCUT2D eigenvalue weighted by Crippen LogP contribution is 1.94. The van der Waals surface area contributed by atoms with Crippen LogP contribution >= 0.6 is 0 Å². The van der Waals surface area contributed by atoms with Crippen molar-refractivity contribution in [2.24, 2.45) is 16.2 Å². The lowest BCUT2D eigenvalue weighted by Gasteiger charge is -1.93. The maximum absolute atomic E-state index is 6.86. The molecule has 0 fully saturated rings. The van der Waals surface area contributed by atoms with E-state index < -0.39 is 0 Å². The average molecular weight is 164 g/mol. The zero-order chi connectivity index (χ0) is 8.81. The molecule has 0 aliphatic heterocycles. The van der Waals surface area contributed by atoms with Crippen LogP contribution in [0.1, 0.15) is 11.4 Å². The Balaban J connectivity index is 2.70. The summed E-state index contributed by atoms with van der Waals surface area (Å²) in [7, 11) is 0. The Bertz CT molecular complexity index is 277. The highest BCUT2D eigenvalue weighted by molar-refractivity contribution is 5.73. The molecule has 0 radical (unpaired) electrons. The molecule has 0 bridgehead atoms. The molecule has 0 unspecified atom stereocenters. The summed E-state index contributed by atoms with van der Waals surface area (Å²) in [5, 5.41) is 13.5. The summed E-state index contributed by atoms with van der Waals surface area (Å²) in [5.74, 6) is 4.81. The van der Waals surface area contributed by atoms with Gasteiger partial charge in [-0.15, -0.1) is 0 Å². The smallest absolute Gasteiger partial charge is 0.106 e. The normalized spacial score (nSPS) is 10.3. The Morgan fingerprint density at radius 3 is 2.83 bits per heavy atom. The molecule has 0 aromatic carbocycles. The summed E-state index contributed by atoms with van der Waals surface area (Å²) in [5.41, 5.74) is 1.19. The van der Waals surface area contributed by atoms with E-state index >= 15 is 0 Å². The first-order valence-corrected chi connectivity index (χ1v) is 3.25. The highest BCUT2D eigenvalue weighted by Gasteiger charge is 1.93. The molecule has 12 heavy (non-hydrogen) atoms. The Morgan fingerprint density at radius 2 is 2.33 bits per heavy atom. The van der Waals surface area contributed by atoms with Crippen molar-refractivity contribution in [3.63, 3.8) is 0 Å². The van der Waals surface area contributed by atoms with Crippen molar-refractivity contribution < 1.29 is 0 Å². The van der Waals surface area contributed by atoms with E-state index in [0.717, 1.165) is 6.21 Å². The van der Waals surface area contributed by atoms with Gasteiger partial charge in [-0.25, -0.2) is 0 Å². The van der Waals surface area contributed by atoms with Gasteiger partial charge in [0, 0.05) is 6.21 Å². The van der Waals surface area contributed by atoms with Gasteiger partial charge in [0.1, 0.15) is 6.54 Å². The molecule has 0 aliphatic rings. The summed E-state index contributed by atoms with van der Waals surface area (Å²) in [6.45, 7) is 0.321. The van der Waals surface area contributed by atoms with E-state index in [4.69, 9.17) is 11.3 Å². The standard InChI is InChI=1S/C6H8N6/c7-1-5-2-10-6(3-9-5)4-11-12-8/h1-3,7H,4H2,(H2,8,11). The van der Waals surface area contributed by atoms with E-state index in [2.05, 4.69) is 20.3 Å². The second kappa shape index (κ2) is 4.12. The monoisotopic (exact) mass is 164 g/mol. The molecule has 3 N–H and O–H groups in total. The molecule has 1 rings (SSSR count). The first-order chi connectivity index (χ1) is 5.86. The Kier molecular flexibility index (Phi) is 2.83. The summed E-state index contributed by atoms with van der Waals surface area (Å²) < 4.78 is 0. The van der Waals surface area contributed by atoms with Gasteiger partial charge in [0.25, 0.3) is 0 Å². The van der Waals surface area contributed by atoms with Gasteiger partial charge in [-0.2, -0.15) is 5.11 Å². The third-order valence-corrected chi connectivity index (χ3v) is 1.19. The Labute approximate surface area is 69.0 Å². The van der Waals surface area contributed by atoms with Crippen molar-refractivity contribution in [2.45, 2.75) is 6.54 Å². The van der Waals surface area contributed by atoms with Crippen LogP contribution in [-0.4, -0.2) is 16.2 Å². The molecule has 0 amide bonds. The van der Waals surface area contributed by atoms with Gasteiger partial charge >= 0.3 is 0 Å². The van der Waals surface area contributed by atoms with Crippen molar-refractivity contribution in [3.05, 3.63) is 23.8 Å². The van der Waals surface area contributed by atoms with Gasteiger partial charge in [-0.1, -0.05) is 5.22 Å². The topological polar surface area (TPSA) is 100 Å². The van der Waals surface area contributed by atoms with Crippen LogP contribution in [0.25, 0.3) is 0 Å². The van der Waals surface area contributed by atoms with Crippen molar-refractivity contribution in [1.82, 2.24) is 9.97 Å². The molecule has 0 spiro atoms. The van der Waals surface area contributed by atoms with Crippen molar-refractivity contribution in [1.29, 1.82) is 5.41 Å². The summed E-state index contributed by atoms with van der Waals surface area (Å²) >= 11 is 0. The highest BCUT2D eigenvalue weighted by atomic mass is 15.3. The molecule has 62 valence electrons. The quantitative estimate of drug-likeness (QED) is 0.291. The fraction of sp³-hybridized carbons (Fsp3) is 0.167. The Morgan fingerprint density at radius 1 is 1.50 bits per heavy atom. The van der Waals surface area contributed by atoms with Crippen LogP contribution in [0, 0.1) is 5.41 Å². The third kappa shape index (κ3) is 2.08. The SMILES string of the molecule is N=Cc1cnc(CN=NN)cn1. The molecule has 6 heteroatoms. The summed E-state index contributed by atoms with van der Waals surface area (Å²) in [4.78, 5) is 7.87. The number of rotatable bonds is 3. The lowest BCUT2D eigenvalue weighted by atomic mass is 10.4. The zero-order valence-corrected chi connectivity index (χ0v) is 6.31. The summed E-state index contributed by atoms with van der Waals surface area (Å²) in [6.07, 6.45) is 4.16. The van der Waals surface area contributed by atoms with Gasteiger partial charge in [0.2, 0.25) is 0 Å². The van der Waals surface area contributed by atoms with Gasteiger partial charge < -0.3 is 11.3 Å². The molecule has 0 saturated carbocycles. The number of hydrogen-bond acceptors (Lipinski definition) is 5. The second-order valence-corrected chi connectivity index (χ2v) is 1.99. The van der Waals surface area contributed by atoms with Crippen LogP contribution in [0.3, 0.4) is 0 Å². The van der Waals surface area contributed by atoms with Crippen molar-refractivity contribution in [3.8, 4) is 0 Å². The van der Waals surface area contributed by atoms with E-state index in [1.54, 1.807) is 0 Å². The van der Waals surface area contributed by atoms with E-state index in [1.165, 1.54) is 12.4 Å². The second-order valence-electron chi connectivity index (χ2n) is 1.99. The fourth-order valence-corrected chi connectivity index (χ4v) is 0.634. The van der Waals surface area contributed by atoms with Crippen LogP contribution < -0.4 is 5.84 Å². The van der Waals surface area contributed by atoms with Gasteiger partial charge in [0.15, 0.2) is 0 Å². The minimum absolute atomic E-state index is 0.321. The fourth-order valence-electron chi connectivity index (χ4n) is 0.634. The molecule has 0 atom stereocenters. The predicted octanol–water partition coefficient (Wildman–Crippen LogP) is 0.300. The molecule has 0 saturated heterocycles. The van der Waals surface area contributed by atoms with E-state index in [1.807, 2.05) is 0 Å². The minimum atomic E-state index is 0.321. The summed E-state index contributed by atoms with van der Waals surface area (Å²) in [6, 6.07) is 0. The van der Waals surface area contributed by atoms with Gasteiger partial charge in [-0.05, 0) is 0 Å². The lowest BCUT2D eigenvalue weighted by molar-refractivity contribution is 0.855. The van der Waals surface area contributed by atoms with E-state index in [0.29, 0.717) is 17.9 Å². The van der Waals surface area contributed by atoms with Crippen LogP contribution in [-0.2, 0) is 6.54 Å².